The van der Waals surface area contributed by atoms with Gasteiger partial charge < -0.3 is 4.90 Å². The molecule has 2 spiro atoms. The molecule has 1 aliphatic carbocycles. The summed E-state index contributed by atoms with van der Waals surface area (Å²) in [5, 5.41) is 5.97. The second-order valence-electron chi connectivity index (χ2n) is 15.9. The first-order valence-corrected chi connectivity index (χ1v) is 22.0. The van der Waals surface area contributed by atoms with Crippen LogP contribution in [0.3, 0.4) is 0 Å². The molecule has 13 rings (SSSR count). The van der Waals surface area contributed by atoms with Gasteiger partial charge in [0, 0.05) is 11.3 Å². The van der Waals surface area contributed by atoms with E-state index >= 15 is 0 Å². The van der Waals surface area contributed by atoms with Crippen LogP contribution in [-0.4, -0.2) is 8.07 Å². The lowest BCUT2D eigenvalue weighted by atomic mass is 9.64. The molecule has 2 heteroatoms. The highest BCUT2D eigenvalue weighted by Crippen LogP contribution is 2.64. The Bertz CT molecular complexity index is 3050. The quantitative estimate of drug-likeness (QED) is 0.160. The van der Waals surface area contributed by atoms with E-state index < -0.39 is 13.5 Å². The van der Waals surface area contributed by atoms with Gasteiger partial charge in [0.1, 0.15) is 0 Å². The van der Waals surface area contributed by atoms with Crippen molar-refractivity contribution < 1.29 is 0 Å². The zero-order chi connectivity index (χ0) is 37.3. The van der Waals surface area contributed by atoms with Crippen LogP contribution in [-0.2, 0) is 5.41 Å². The summed E-state index contributed by atoms with van der Waals surface area (Å²) in [6, 6.07) is 80.6. The number of hydrogen-bond donors (Lipinski definition) is 0. The van der Waals surface area contributed by atoms with Crippen molar-refractivity contribution in [3.8, 4) is 44.5 Å². The van der Waals surface area contributed by atoms with Crippen LogP contribution in [0.4, 0.5) is 17.1 Å². The van der Waals surface area contributed by atoms with Crippen LogP contribution in [0.5, 0.6) is 0 Å². The van der Waals surface area contributed by atoms with Gasteiger partial charge in [-0.2, -0.15) is 0 Å². The van der Waals surface area contributed by atoms with E-state index in [1.807, 2.05) is 0 Å². The fraction of sp³-hybridized carbons (Fsp3) is 0.0182. The van der Waals surface area contributed by atoms with Crippen LogP contribution in [0, 0.1) is 0 Å². The van der Waals surface area contributed by atoms with E-state index in [9.17, 15) is 0 Å². The smallest absolute Gasteiger partial charge is 0.182 e. The molecule has 0 N–H and O–H groups in total. The van der Waals surface area contributed by atoms with Crippen molar-refractivity contribution in [2.24, 2.45) is 0 Å². The predicted molar refractivity (Wildman–Crippen MR) is 239 cm³/mol. The summed E-state index contributed by atoms with van der Waals surface area (Å²) in [6.45, 7) is 0. The average molecular weight is 738 g/mol. The van der Waals surface area contributed by atoms with Gasteiger partial charge in [-0.05, 0) is 100 Å². The summed E-state index contributed by atoms with van der Waals surface area (Å²) in [5.74, 6) is 0. The highest BCUT2D eigenvalue weighted by Gasteiger charge is 2.55. The summed E-state index contributed by atoms with van der Waals surface area (Å²) < 4.78 is 0. The summed E-state index contributed by atoms with van der Waals surface area (Å²) in [6.07, 6.45) is 0. The van der Waals surface area contributed by atoms with Gasteiger partial charge in [-0.1, -0.05) is 194 Å². The first-order chi connectivity index (χ1) is 28.3. The number of hydrogen-bond acceptors (Lipinski definition) is 1. The summed E-state index contributed by atoms with van der Waals surface area (Å²) in [4.78, 5) is 2.61. The van der Waals surface area contributed by atoms with Crippen molar-refractivity contribution >= 4 is 45.9 Å². The maximum Gasteiger partial charge on any atom is 0.182 e. The number of anilines is 3. The van der Waals surface area contributed by atoms with Gasteiger partial charge in [-0.3, -0.25) is 0 Å². The highest BCUT2D eigenvalue weighted by atomic mass is 28.3. The van der Waals surface area contributed by atoms with Crippen molar-refractivity contribution in [2.75, 3.05) is 4.90 Å². The lowest BCUT2D eigenvalue weighted by Gasteiger charge is -2.46. The second-order valence-corrected chi connectivity index (χ2v) is 19.5. The van der Waals surface area contributed by atoms with E-state index in [1.54, 1.807) is 0 Å². The second kappa shape index (κ2) is 11.3. The molecule has 3 aliphatic heterocycles. The van der Waals surface area contributed by atoms with Gasteiger partial charge in [0.05, 0.1) is 16.8 Å². The molecule has 0 bridgehead atoms. The van der Waals surface area contributed by atoms with E-state index in [0.717, 1.165) is 0 Å². The number of nitrogens with zero attached hydrogens (tertiary/aromatic N) is 1. The Morgan fingerprint density at radius 1 is 0.316 bits per heavy atom. The number of rotatable bonds is 2. The summed E-state index contributed by atoms with van der Waals surface area (Å²) in [5.41, 5.74) is 19.1. The van der Waals surface area contributed by atoms with Crippen LogP contribution in [0.25, 0.3) is 44.5 Å². The predicted octanol–water partition coefficient (Wildman–Crippen LogP) is 10.8. The number of para-hydroxylation sites is 2. The van der Waals surface area contributed by atoms with Gasteiger partial charge in [0.25, 0.3) is 0 Å². The van der Waals surface area contributed by atoms with Gasteiger partial charge >= 0.3 is 0 Å². The van der Waals surface area contributed by atoms with Crippen LogP contribution in [0.2, 0.25) is 0 Å². The zero-order valence-corrected chi connectivity index (χ0v) is 32.2. The van der Waals surface area contributed by atoms with Crippen molar-refractivity contribution in [3.63, 3.8) is 0 Å². The van der Waals surface area contributed by atoms with Crippen molar-refractivity contribution in [2.45, 2.75) is 5.41 Å². The lowest BCUT2D eigenvalue weighted by molar-refractivity contribution is 0.753. The van der Waals surface area contributed by atoms with Crippen LogP contribution in [0.1, 0.15) is 22.3 Å². The van der Waals surface area contributed by atoms with Gasteiger partial charge in [-0.25, -0.2) is 0 Å². The molecule has 9 aromatic carbocycles. The van der Waals surface area contributed by atoms with Crippen LogP contribution < -0.4 is 25.6 Å². The van der Waals surface area contributed by atoms with E-state index in [0.29, 0.717) is 0 Å². The molecule has 264 valence electrons. The Morgan fingerprint density at radius 2 is 0.772 bits per heavy atom. The van der Waals surface area contributed by atoms with E-state index in [2.05, 4.69) is 217 Å². The molecular weight excluding hydrogens is 703 g/mol. The number of benzene rings is 9. The molecule has 0 saturated heterocycles. The molecule has 0 radical (unpaired) electrons. The third-order valence-corrected chi connectivity index (χ3v) is 18.4. The monoisotopic (exact) mass is 737 g/mol. The minimum atomic E-state index is -2.66. The fourth-order valence-corrected chi connectivity index (χ4v) is 17.1. The maximum atomic E-state index is 2.61. The first-order valence-electron chi connectivity index (χ1n) is 20.0. The van der Waals surface area contributed by atoms with Crippen LogP contribution >= 0.6 is 0 Å². The highest BCUT2D eigenvalue weighted by molar-refractivity contribution is 7.24. The molecule has 0 atom stereocenters. The maximum absolute atomic E-state index is 2.66. The van der Waals surface area contributed by atoms with E-state index in [-0.39, 0.29) is 0 Å². The molecule has 9 aromatic rings. The van der Waals surface area contributed by atoms with Crippen molar-refractivity contribution in [1.29, 1.82) is 0 Å². The molecule has 0 aromatic heterocycles. The molecule has 0 amide bonds. The van der Waals surface area contributed by atoms with Crippen molar-refractivity contribution in [1.82, 2.24) is 0 Å². The van der Waals surface area contributed by atoms with E-state index in [1.165, 1.54) is 105 Å². The standard InChI is InChI=1S/C55H35NSi/c1-2-17-36(18-3-1)38-24-16-28-48-54(38)56(49-29-12-11-27-47(49)55(48)45-25-9-4-19-39(45)40-20-5-10-26-46(40)55)37-33-34-44-43-23-8-15-32-52(43)57(53(44)35-37)50-30-13-6-21-41(50)42-22-7-14-31-51(42)57/h1-35H. The number of fused-ring (bicyclic) bond motifs is 19. The Balaban J connectivity index is 1.15. The third kappa shape index (κ3) is 3.74. The largest absolute Gasteiger partial charge is 0.309 e. The minimum Gasteiger partial charge on any atom is -0.309 e. The van der Waals surface area contributed by atoms with Crippen molar-refractivity contribution in [3.05, 3.63) is 235 Å². The minimum absolute atomic E-state index is 0.493. The molecular formula is C55H35NSi. The molecule has 0 saturated carbocycles. The fourth-order valence-electron chi connectivity index (χ4n) is 11.5. The Labute approximate surface area is 333 Å². The zero-order valence-electron chi connectivity index (χ0n) is 31.2. The average Bonchev–Trinajstić information content (AvgIpc) is 3.87. The van der Waals surface area contributed by atoms with Gasteiger partial charge in [-0.15, -0.1) is 0 Å². The molecule has 3 heterocycles. The van der Waals surface area contributed by atoms with Gasteiger partial charge in [0.15, 0.2) is 8.07 Å². The topological polar surface area (TPSA) is 3.24 Å². The van der Waals surface area contributed by atoms with Gasteiger partial charge in [0.2, 0.25) is 0 Å². The summed E-state index contributed by atoms with van der Waals surface area (Å²) in [7, 11) is -2.66. The third-order valence-electron chi connectivity index (χ3n) is 13.5. The SMILES string of the molecule is c1ccc(-c2cccc3c2N(c2ccc4c(c2)[Si]2(c5ccccc5-c5ccccc52)c2ccccc2-4)c2ccccc2C32c3ccccc3-c3ccccc32)cc1. The molecule has 57 heavy (non-hydrogen) atoms. The molecule has 4 aliphatic rings. The summed E-state index contributed by atoms with van der Waals surface area (Å²) >= 11 is 0. The first kappa shape index (κ1) is 31.2. The molecule has 0 unspecified atom stereocenters. The van der Waals surface area contributed by atoms with E-state index in [4.69, 9.17) is 0 Å². The Kier molecular flexibility index (Phi) is 6.18. The normalized spacial score (nSPS) is 14.9. The molecule has 0 fully saturated rings. The Hall–Kier alpha value is -7.00. The lowest BCUT2D eigenvalue weighted by Crippen LogP contribution is -2.70. The Morgan fingerprint density at radius 3 is 1.39 bits per heavy atom. The molecule has 1 nitrogen and oxygen atoms in total. The van der Waals surface area contributed by atoms with Crippen LogP contribution in [0.15, 0.2) is 212 Å².